The van der Waals surface area contributed by atoms with E-state index in [1.807, 2.05) is 46.1 Å². The lowest BCUT2D eigenvalue weighted by Crippen LogP contribution is -2.38. The Morgan fingerprint density at radius 3 is 2.69 bits per heavy atom. The van der Waals surface area contributed by atoms with Gasteiger partial charge in [-0.05, 0) is 33.3 Å². The Morgan fingerprint density at radius 2 is 2.15 bits per heavy atom. The van der Waals surface area contributed by atoms with Gasteiger partial charge in [0, 0.05) is 31.2 Å². The lowest BCUT2D eigenvalue weighted by Gasteiger charge is -2.21. The molecule has 6 nitrogen and oxygen atoms in total. The normalized spacial score (nSPS) is 11.2. The quantitative estimate of drug-likeness (QED) is 0.364. The fourth-order valence-electron chi connectivity index (χ4n) is 2.25. The first-order chi connectivity index (χ1) is 12.0. The van der Waals surface area contributed by atoms with E-state index in [9.17, 15) is 0 Å². The zero-order chi connectivity index (χ0) is 18.2. The summed E-state index contributed by atoms with van der Waals surface area (Å²) in [6.07, 6.45) is 1.94. The molecule has 0 saturated carbocycles. The van der Waals surface area contributed by atoms with Gasteiger partial charge in [-0.3, -0.25) is 0 Å². The summed E-state index contributed by atoms with van der Waals surface area (Å²) in [5.41, 5.74) is 2.11. The maximum absolute atomic E-state index is 5.57. The number of nitrogens with one attached hydrogen (secondary N) is 1. The third kappa shape index (κ3) is 7.45. The molecule has 0 aliphatic rings. The van der Waals surface area contributed by atoms with Gasteiger partial charge in [0.05, 0.1) is 29.9 Å². The van der Waals surface area contributed by atoms with E-state index >= 15 is 0 Å². The van der Waals surface area contributed by atoms with E-state index in [1.54, 1.807) is 11.3 Å². The molecule has 1 N–H and O–H groups in total. The van der Waals surface area contributed by atoms with Crippen LogP contribution < -0.4 is 10.1 Å². The number of aliphatic imine (C=N–C) groups is 1. The number of pyridine rings is 1. The number of aryl methyl sites for hydroxylation is 1. The van der Waals surface area contributed by atoms with Gasteiger partial charge in [-0.15, -0.1) is 35.3 Å². The summed E-state index contributed by atoms with van der Waals surface area (Å²) in [7, 11) is 2.02. The Morgan fingerprint density at radius 1 is 1.38 bits per heavy atom. The molecule has 0 saturated heterocycles. The van der Waals surface area contributed by atoms with Gasteiger partial charge < -0.3 is 15.0 Å². The molecule has 0 spiro atoms. The van der Waals surface area contributed by atoms with Gasteiger partial charge in [0.25, 0.3) is 0 Å². The highest BCUT2D eigenvalue weighted by atomic mass is 127. The predicted molar refractivity (Wildman–Crippen MR) is 119 cm³/mol. The summed E-state index contributed by atoms with van der Waals surface area (Å²) >= 11 is 1.67. The third-order valence-electron chi connectivity index (χ3n) is 3.33. The standard InChI is InChI=1S/C18H27N5OS.HI/c1-6-19-18(23(5)11-16-12-25-14(4)22-16)21-10-15-7-8-17(20-9-15)24-13(2)3;/h7-9,12-13H,6,10-11H2,1-5H3,(H,19,21);1H. The Hall–Kier alpha value is -1.42. The molecule has 2 aromatic rings. The number of nitrogens with zero attached hydrogens (tertiary/aromatic N) is 4. The molecule has 2 aromatic heterocycles. The summed E-state index contributed by atoms with van der Waals surface area (Å²) in [5.74, 6) is 1.50. The molecule has 0 atom stereocenters. The number of hydrogen-bond donors (Lipinski definition) is 1. The van der Waals surface area contributed by atoms with Gasteiger partial charge in [0.2, 0.25) is 5.88 Å². The summed E-state index contributed by atoms with van der Waals surface area (Å²) in [6.45, 7) is 10.2. The summed E-state index contributed by atoms with van der Waals surface area (Å²) in [5, 5.41) is 6.50. The fourth-order valence-corrected chi connectivity index (χ4v) is 2.85. The molecule has 0 bridgehead atoms. The minimum absolute atomic E-state index is 0. The zero-order valence-electron chi connectivity index (χ0n) is 16.0. The van der Waals surface area contributed by atoms with Crippen molar-refractivity contribution in [2.75, 3.05) is 13.6 Å². The van der Waals surface area contributed by atoms with E-state index in [0.717, 1.165) is 35.3 Å². The fraction of sp³-hybridized carbons (Fsp3) is 0.500. The van der Waals surface area contributed by atoms with Crippen molar-refractivity contribution < 1.29 is 4.74 Å². The Balaban J connectivity index is 0.00000338. The van der Waals surface area contributed by atoms with Crippen molar-refractivity contribution in [3.63, 3.8) is 0 Å². The number of ether oxygens (including phenoxy) is 1. The molecule has 0 aliphatic carbocycles. The smallest absolute Gasteiger partial charge is 0.213 e. The molecule has 0 aromatic carbocycles. The molecule has 2 heterocycles. The van der Waals surface area contributed by atoms with Gasteiger partial charge >= 0.3 is 0 Å². The largest absolute Gasteiger partial charge is 0.475 e. The van der Waals surface area contributed by atoms with E-state index in [0.29, 0.717) is 12.4 Å². The van der Waals surface area contributed by atoms with Crippen LogP contribution in [0.4, 0.5) is 0 Å². The summed E-state index contributed by atoms with van der Waals surface area (Å²) in [6, 6.07) is 3.89. The molecule has 0 radical (unpaired) electrons. The number of thiazole rings is 1. The van der Waals surface area contributed by atoms with Crippen molar-refractivity contribution in [2.24, 2.45) is 4.99 Å². The van der Waals surface area contributed by atoms with Gasteiger partial charge in [-0.25, -0.2) is 15.0 Å². The highest BCUT2D eigenvalue weighted by molar-refractivity contribution is 14.0. The second-order valence-corrected chi connectivity index (χ2v) is 7.12. The van der Waals surface area contributed by atoms with Crippen LogP contribution in [0.15, 0.2) is 28.7 Å². The highest BCUT2D eigenvalue weighted by Crippen LogP contribution is 2.12. The predicted octanol–water partition coefficient (Wildman–Crippen LogP) is 3.85. The number of guanidine groups is 1. The van der Waals surface area contributed by atoms with Crippen LogP contribution in [0, 0.1) is 6.92 Å². The molecule has 0 amide bonds. The number of aromatic nitrogens is 2. The molecule has 0 unspecified atom stereocenters. The van der Waals surface area contributed by atoms with E-state index < -0.39 is 0 Å². The van der Waals surface area contributed by atoms with Crippen molar-refractivity contribution >= 4 is 41.3 Å². The highest BCUT2D eigenvalue weighted by Gasteiger charge is 2.08. The molecule has 0 fully saturated rings. The van der Waals surface area contributed by atoms with Crippen LogP contribution >= 0.6 is 35.3 Å². The topological polar surface area (TPSA) is 62.6 Å². The SMILES string of the molecule is CCNC(=NCc1ccc(OC(C)C)nc1)N(C)Cc1csc(C)n1.I. The third-order valence-corrected chi connectivity index (χ3v) is 4.15. The lowest BCUT2D eigenvalue weighted by atomic mass is 10.3. The van der Waals surface area contributed by atoms with Crippen LogP contribution in [0.1, 0.15) is 37.0 Å². The first kappa shape index (κ1) is 22.6. The molecular formula is C18H28IN5OS. The Labute approximate surface area is 177 Å². The van der Waals surface area contributed by atoms with Gasteiger partial charge in [-0.2, -0.15) is 0 Å². The van der Waals surface area contributed by atoms with Crippen LogP contribution in [-0.2, 0) is 13.1 Å². The van der Waals surface area contributed by atoms with E-state index in [-0.39, 0.29) is 30.1 Å². The average Bonchev–Trinajstić information content (AvgIpc) is 2.97. The molecule has 0 aliphatic heterocycles. The molecular weight excluding hydrogens is 461 g/mol. The first-order valence-electron chi connectivity index (χ1n) is 8.50. The second kappa shape index (κ2) is 11.3. The molecule has 144 valence electrons. The van der Waals surface area contributed by atoms with Crippen molar-refractivity contribution in [1.29, 1.82) is 0 Å². The number of rotatable bonds is 7. The Kier molecular flexibility index (Phi) is 9.85. The zero-order valence-corrected chi connectivity index (χ0v) is 19.2. The first-order valence-corrected chi connectivity index (χ1v) is 9.38. The van der Waals surface area contributed by atoms with Crippen LogP contribution in [0.2, 0.25) is 0 Å². The van der Waals surface area contributed by atoms with Crippen molar-refractivity contribution in [1.82, 2.24) is 20.2 Å². The number of hydrogen-bond acceptors (Lipinski definition) is 5. The number of halogens is 1. The van der Waals surface area contributed by atoms with Crippen LogP contribution in [0.3, 0.4) is 0 Å². The summed E-state index contributed by atoms with van der Waals surface area (Å²) < 4.78 is 5.57. The van der Waals surface area contributed by atoms with E-state index in [2.05, 4.69) is 32.5 Å². The molecule has 8 heteroatoms. The van der Waals surface area contributed by atoms with E-state index in [1.165, 1.54) is 0 Å². The lowest BCUT2D eigenvalue weighted by molar-refractivity contribution is 0.232. The van der Waals surface area contributed by atoms with Gasteiger partial charge in [0.1, 0.15) is 0 Å². The van der Waals surface area contributed by atoms with Crippen LogP contribution in [0.5, 0.6) is 5.88 Å². The van der Waals surface area contributed by atoms with Gasteiger partial charge in [-0.1, -0.05) is 6.07 Å². The minimum Gasteiger partial charge on any atom is -0.475 e. The van der Waals surface area contributed by atoms with Crippen LogP contribution in [0.25, 0.3) is 0 Å². The monoisotopic (exact) mass is 489 g/mol. The van der Waals surface area contributed by atoms with Crippen molar-refractivity contribution in [2.45, 2.75) is 46.9 Å². The summed E-state index contributed by atoms with van der Waals surface area (Å²) in [4.78, 5) is 15.6. The van der Waals surface area contributed by atoms with Crippen LogP contribution in [-0.4, -0.2) is 40.5 Å². The molecule has 26 heavy (non-hydrogen) atoms. The van der Waals surface area contributed by atoms with E-state index in [4.69, 9.17) is 9.73 Å². The second-order valence-electron chi connectivity index (χ2n) is 6.06. The molecule has 2 rings (SSSR count). The maximum atomic E-state index is 5.57. The Bertz CT molecular complexity index is 687. The minimum atomic E-state index is 0. The maximum Gasteiger partial charge on any atom is 0.213 e. The van der Waals surface area contributed by atoms with Gasteiger partial charge in [0.15, 0.2) is 5.96 Å². The average molecular weight is 489 g/mol. The van der Waals surface area contributed by atoms with Crippen molar-refractivity contribution in [3.05, 3.63) is 40.0 Å². The van der Waals surface area contributed by atoms with Crippen molar-refractivity contribution in [3.8, 4) is 5.88 Å².